The molecule has 0 aliphatic heterocycles. The van der Waals surface area contributed by atoms with Crippen molar-refractivity contribution in [3.8, 4) is 5.75 Å². The van der Waals surface area contributed by atoms with Crippen molar-refractivity contribution in [2.45, 2.75) is 6.92 Å². The van der Waals surface area contributed by atoms with Gasteiger partial charge in [0.15, 0.2) is 5.78 Å². The first kappa shape index (κ1) is 13.3. The number of aromatic hydroxyl groups is 1. The van der Waals surface area contributed by atoms with Gasteiger partial charge in [0.1, 0.15) is 5.75 Å². The lowest BCUT2D eigenvalue weighted by Gasteiger charge is -1.89. The minimum absolute atomic E-state index is 0.121. The van der Waals surface area contributed by atoms with E-state index in [-0.39, 0.29) is 11.5 Å². The predicted octanol–water partition coefficient (Wildman–Crippen LogP) is 3.93. The van der Waals surface area contributed by atoms with Crippen LogP contribution in [0.25, 0.3) is 0 Å². The number of hydrogen-bond donors (Lipinski definition) is 1. The van der Waals surface area contributed by atoms with E-state index >= 15 is 0 Å². The van der Waals surface area contributed by atoms with Crippen LogP contribution < -0.4 is 0 Å². The number of hydrogen-bond acceptors (Lipinski definition) is 2. The fourth-order valence-electron chi connectivity index (χ4n) is 1.12. The average Bonchev–Trinajstić information content (AvgIpc) is 2.35. The van der Waals surface area contributed by atoms with E-state index in [9.17, 15) is 4.79 Å². The van der Waals surface area contributed by atoms with E-state index in [1.165, 1.54) is 0 Å². The summed E-state index contributed by atoms with van der Waals surface area (Å²) in [6.07, 6.45) is 0. The summed E-state index contributed by atoms with van der Waals surface area (Å²) in [7, 11) is 0. The highest BCUT2D eigenvalue weighted by atomic mass is 35.5. The van der Waals surface area contributed by atoms with Gasteiger partial charge in [0.05, 0.1) is 5.02 Å². The van der Waals surface area contributed by atoms with Crippen LogP contribution >= 0.6 is 11.6 Å². The monoisotopic (exact) mass is 248 g/mol. The van der Waals surface area contributed by atoms with Gasteiger partial charge >= 0.3 is 0 Å². The SMILES string of the molecule is CC(=O)c1ccccc1.Oc1ccccc1Cl. The summed E-state index contributed by atoms with van der Waals surface area (Å²) in [6.45, 7) is 1.56. The lowest BCUT2D eigenvalue weighted by atomic mass is 10.2. The number of phenolic OH excluding ortho intramolecular Hbond substituents is 1. The van der Waals surface area contributed by atoms with Crippen molar-refractivity contribution < 1.29 is 9.90 Å². The largest absolute Gasteiger partial charge is 0.506 e. The summed E-state index contributed by atoms with van der Waals surface area (Å²) in [5.41, 5.74) is 0.775. The molecule has 0 unspecified atom stereocenters. The van der Waals surface area contributed by atoms with E-state index in [0.717, 1.165) is 5.56 Å². The molecule has 0 saturated heterocycles. The molecular weight excluding hydrogens is 236 g/mol. The number of carbonyl (C=O) groups is 1. The van der Waals surface area contributed by atoms with E-state index in [4.69, 9.17) is 16.7 Å². The van der Waals surface area contributed by atoms with Crippen LogP contribution in [0.3, 0.4) is 0 Å². The summed E-state index contributed by atoms with van der Waals surface area (Å²) in [5.74, 6) is 0.254. The molecule has 2 aromatic rings. The smallest absolute Gasteiger partial charge is 0.159 e. The number of halogens is 1. The van der Waals surface area contributed by atoms with E-state index in [1.54, 1.807) is 31.2 Å². The molecule has 2 aromatic carbocycles. The molecule has 0 aliphatic rings. The van der Waals surface area contributed by atoms with E-state index in [1.807, 2.05) is 30.3 Å². The zero-order valence-electron chi connectivity index (χ0n) is 9.43. The van der Waals surface area contributed by atoms with Crippen LogP contribution in [-0.2, 0) is 0 Å². The minimum Gasteiger partial charge on any atom is -0.506 e. The molecule has 88 valence electrons. The van der Waals surface area contributed by atoms with Crippen molar-refractivity contribution >= 4 is 17.4 Å². The number of Topliss-reactive ketones (excluding diaryl/α,β-unsaturated/α-hetero) is 1. The van der Waals surface area contributed by atoms with Crippen molar-refractivity contribution in [2.24, 2.45) is 0 Å². The number of ketones is 1. The van der Waals surface area contributed by atoms with Gasteiger partial charge in [-0.05, 0) is 19.1 Å². The maximum absolute atomic E-state index is 10.6. The molecule has 17 heavy (non-hydrogen) atoms. The maximum atomic E-state index is 10.6. The Hall–Kier alpha value is -1.80. The predicted molar refractivity (Wildman–Crippen MR) is 69.6 cm³/mol. The van der Waals surface area contributed by atoms with Crippen molar-refractivity contribution in [1.29, 1.82) is 0 Å². The molecule has 0 amide bonds. The highest BCUT2D eigenvalue weighted by Gasteiger charge is 1.92. The van der Waals surface area contributed by atoms with Gasteiger partial charge < -0.3 is 5.11 Å². The Kier molecular flexibility index (Phi) is 5.24. The molecule has 0 aliphatic carbocycles. The first-order valence-electron chi connectivity index (χ1n) is 5.10. The Labute approximate surface area is 105 Å². The molecule has 0 saturated carbocycles. The summed E-state index contributed by atoms with van der Waals surface area (Å²) in [5, 5.41) is 9.18. The third-order valence-electron chi connectivity index (χ3n) is 2.03. The minimum atomic E-state index is 0.121. The Morgan fingerprint density at radius 3 is 1.88 bits per heavy atom. The van der Waals surface area contributed by atoms with Gasteiger partial charge in [0, 0.05) is 5.56 Å². The Morgan fingerprint density at radius 1 is 1.00 bits per heavy atom. The fraction of sp³-hybridized carbons (Fsp3) is 0.0714. The second kappa shape index (κ2) is 6.71. The maximum Gasteiger partial charge on any atom is 0.159 e. The number of benzene rings is 2. The number of rotatable bonds is 1. The summed E-state index contributed by atoms with van der Waals surface area (Å²) in [6, 6.07) is 15.9. The second-order valence-electron chi connectivity index (χ2n) is 3.37. The Bertz CT molecular complexity index is 460. The average molecular weight is 249 g/mol. The van der Waals surface area contributed by atoms with Crippen molar-refractivity contribution in [2.75, 3.05) is 0 Å². The van der Waals surface area contributed by atoms with E-state index in [0.29, 0.717) is 5.02 Å². The first-order valence-corrected chi connectivity index (χ1v) is 5.48. The van der Waals surface area contributed by atoms with Gasteiger partial charge in [-0.3, -0.25) is 4.79 Å². The van der Waals surface area contributed by atoms with E-state index < -0.39 is 0 Å². The molecule has 0 atom stereocenters. The molecule has 0 heterocycles. The highest BCUT2D eigenvalue weighted by molar-refractivity contribution is 6.31. The van der Waals surface area contributed by atoms with Gasteiger partial charge in [-0.15, -0.1) is 0 Å². The van der Waals surface area contributed by atoms with Gasteiger partial charge in [0.2, 0.25) is 0 Å². The Balaban J connectivity index is 0.000000171. The molecule has 2 rings (SSSR count). The quantitative estimate of drug-likeness (QED) is 0.777. The number of carbonyl (C=O) groups excluding carboxylic acids is 1. The molecule has 0 bridgehead atoms. The third kappa shape index (κ3) is 4.70. The molecule has 0 radical (unpaired) electrons. The van der Waals surface area contributed by atoms with Crippen molar-refractivity contribution in [3.05, 3.63) is 65.2 Å². The van der Waals surface area contributed by atoms with Crippen LogP contribution in [0.15, 0.2) is 54.6 Å². The molecule has 0 aromatic heterocycles. The van der Waals surface area contributed by atoms with Crippen LogP contribution in [0, 0.1) is 0 Å². The third-order valence-corrected chi connectivity index (χ3v) is 2.35. The molecule has 3 heteroatoms. The van der Waals surface area contributed by atoms with Gasteiger partial charge in [0.25, 0.3) is 0 Å². The zero-order chi connectivity index (χ0) is 12.7. The lowest BCUT2D eigenvalue weighted by molar-refractivity contribution is 0.101. The first-order chi connectivity index (χ1) is 8.11. The van der Waals surface area contributed by atoms with Crippen molar-refractivity contribution in [1.82, 2.24) is 0 Å². The van der Waals surface area contributed by atoms with Gasteiger partial charge in [-0.2, -0.15) is 0 Å². The standard InChI is InChI=1S/C8H8O.C6H5ClO/c1-7(9)8-5-3-2-4-6-8;7-5-3-1-2-4-6(5)8/h2-6H,1H3;1-4,8H. The summed E-state index contributed by atoms with van der Waals surface area (Å²) >= 11 is 5.46. The zero-order valence-corrected chi connectivity index (χ0v) is 10.2. The number of phenols is 1. The van der Waals surface area contributed by atoms with Gasteiger partial charge in [-0.1, -0.05) is 54.1 Å². The van der Waals surface area contributed by atoms with Crippen LogP contribution in [0.4, 0.5) is 0 Å². The molecule has 2 nitrogen and oxygen atoms in total. The number of para-hydroxylation sites is 1. The molecule has 0 spiro atoms. The van der Waals surface area contributed by atoms with Crippen molar-refractivity contribution in [3.63, 3.8) is 0 Å². The lowest BCUT2D eigenvalue weighted by Crippen LogP contribution is -1.88. The molecule has 1 N–H and O–H groups in total. The Morgan fingerprint density at radius 2 is 1.53 bits per heavy atom. The fourth-order valence-corrected chi connectivity index (χ4v) is 1.26. The van der Waals surface area contributed by atoms with Crippen LogP contribution in [-0.4, -0.2) is 10.9 Å². The summed E-state index contributed by atoms with van der Waals surface area (Å²) in [4.78, 5) is 10.6. The topological polar surface area (TPSA) is 37.3 Å². The van der Waals surface area contributed by atoms with Crippen LogP contribution in [0.1, 0.15) is 17.3 Å². The summed E-state index contributed by atoms with van der Waals surface area (Å²) < 4.78 is 0. The van der Waals surface area contributed by atoms with E-state index in [2.05, 4.69) is 0 Å². The molecular formula is C14H13ClO2. The van der Waals surface area contributed by atoms with Crippen LogP contribution in [0.5, 0.6) is 5.75 Å². The van der Waals surface area contributed by atoms with Crippen LogP contribution in [0.2, 0.25) is 5.02 Å². The normalized spacial score (nSPS) is 9.06. The van der Waals surface area contributed by atoms with Gasteiger partial charge in [-0.25, -0.2) is 0 Å². The molecule has 0 fully saturated rings. The highest BCUT2D eigenvalue weighted by Crippen LogP contribution is 2.20. The second-order valence-corrected chi connectivity index (χ2v) is 3.78.